The molecule has 2 heterocycles. The number of amides is 1. The second kappa shape index (κ2) is 12.7. The molecule has 0 radical (unpaired) electrons. The maximum Gasteiger partial charge on any atom is 0.303 e. The normalized spacial score (nSPS) is 16.2. The number of hydrogen-bond acceptors (Lipinski definition) is 5. The molecular weight excluding hydrogens is 501 g/mol. The van der Waals surface area contributed by atoms with Crippen molar-refractivity contribution in [3.05, 3.63) is 52.0 Å². The fourth-order valence-corrected chi connectivity index (χ4v) is 5.23. The van der Waals surface area contributed by atoms with Gasteiger partial charge < -0.3 is 19.6 Å². The zero-order chi connectivity index (χ0) is 25.5. The van der Waals surface area contributed by atoms with Gasteiger partial charge in [-0.05, 0) is 56.0 Å². The molecule has 1 N–H and O–H groups in total. The molecule has 1 fully saturated rings. The zero-order valence-electron chi connectivity index (χ0n) is 20.4. The Bertz CT molecular complexity index is 1070. The highest BCUT2D eigenvalue weighted by Crippen LogP contribution is 2.33. The number of rotatable bonds is 11. The highest BCUT2D eigenvalue weighted by molar-refractivity contribution is 6.43. The summed E-state index contributed by atoms with van der Waals surface area (Å²) in [6, 6.07) is 11.7. The second-order valence-electron chi connectivity index (χ2n) is 9.29. The van der Waals surface area contributed by atoms with E-state index in [1.165, 1.54) is 0 Å². The fraction of sp³-hybridized carbons (Fsp3) is 0.481. The molecule has 0 atom stereocenters. The third kappa shape index (κ3) is 6.84. The Morgan fingerprint density at radius 1 is 0.944 bits per heavy atom. The number of nitrogens with zero attached hydrogens (tertiary/aromatic N) is 3. The van der Waals surface area contributed by atoms with E-state index in [0.29, 0.717) is 42.5 Å². The standard InChI is InChI=1S/C27H33Cl2N3O4/c28-22-5-3-6-23(27(22)29)31-16-14-30(15-17-31)12-1-2-18-36-21-10-8-20-9-11-25(33)32(24(20)19-21)13-4-7-26(34)35/h3,5-6,8,10,19H,1-2,4,7,9,11-18H2,(H,34,35). The molecule has 2 aromatic carbocycles. The molecule has 36 heavy (non-hydrogen) atoms. The Balaban J connectivity index is 1.19. The molecule has 0 spiro atoms. The van der Waals surface area contributed by atoms with Gasteiger partial charge in [0, 0.05) is 51.6 Å². The number of unbranched alkanes of at least 4 members (excludes halogenated alkanes) is 1. The van der Waals surface area contributed by atoms with E-state index in [-0.39, 0.29) is 12.3 Å². The Morgan fingerprint density at radius 3 is 2.53 bits per heavy atom. The zero-order valence-corrected chi connectivity index (χ0v) is 21.9. The smallest absolute Gasteiger partial charge is 0.303 e. The van der Waals surface area contributed by atoms with Crippen LogP contribution in [-0.2, 0) is 16.0 Å². The maximum absolute atomic E-state index is 12.4. The van der Waals surface area contributed by atoms with Crippen LogP contribution in [0.15, 0.2) is 36.4 Å². The summed E-state index contributed by atoms with van der Waals surface area (Å²) < 4.78 is 6.00. The molecule has 2 aliphatic rings. The number of halogens is 2. The summed E-state index contributed by atoms with van der Waals surface area (Å²) in [5.74, 6) is -0.0504. The molecule has 2 aromatic rings. The number of carbonyl (C=O) groups is 2. The molecule has 9 heteroatoms. The number of benzene rings is 2. The number of anilines is 2. The number of aliphatic carboxylic acids is 1. The number of hydrogen-bond donors (Lipinski definition) is 1. The predicted octanol–water partition coefficient (Wildman–Crippen LogP) is 5.12. The highest BCUT2D eigenvalue weighted by atomic mass is 35.5. The van der Waals surface area contributed by atoms with Gasteiger partial charge in [-0.1, -0.05) is 35.3 Å². The van der Waals surface area contributed by atoms with Gasteiger partial charge in [0.1, 0.15) is 5.75 Å². The Kier molecular flexibility index (Phi) is 9.35. The first-order chi connectivity index (χ1) is 17.4. The molecule has 7 nitrogen and oxygen atoms in total. The number of piperazine rings is 1. The monoisotopic (exact) mass is 533 g/mol. The van der Waals surface area contributed by atoms with Crippen molar-refractivity contribution >= 4 is 46.5 Å². The van der Waals surface area contributed by atoms with Crippen LogP contribution in [-0.4, -0.2) is 67.8 Å². The van der Waals surface area contributed by atoms with Gasteiger partial charge in [-0.25, -0.2) is 0 Å². The summed E-state index contributed by atoms with van der Waals surface area (Å²) in [7, 11) is 0. The van der Waals surface area contributed by atoms with E-state index >= 15 is 0 Å². The van der Waals surface area contributed by atoms with Crippen molar-refractivity contribution in [1.82, 2.24) is 4.90 Å². The summed E-state index contributed by atoms with van der Waals surface area (Å²) in [5, 5.41) is 10.1. The fourth-order valence-electron chi connectivity index (χ4n) is 4.82. The van der Waals surface area contributed by atoms with Crippen molar-refractivity contribution in [2.45, 2.75) is 38.5 Å². The molecular formula is C27H33Cl2N3O4. The summed E-state index contributed by atoms with van der Waals surface area (Å²) >= 11 is 12.5. The summed E-state index contributed by atoms with van der Waals surface area (Å²) in [6.07, 6.45) is 3.65. The SMILES string of the molecule is O=C(O)CCCN1C(=O)CCc2ccc(OCCCCN3CCN(c4cccc(Cl)c4Cl)CC3)cc21. The van der Waals surface area contributed by atoms with E-state index in [4.69, 9.17) is 33.0 Å². The van der Waals surface area contributed by atoms with Crippen LogP contribution < -0.4 is 14.5 Å². The molecule has 0 aromatic heterocycles. The first-order valence-corrected chi connectivity index (χ1v) is 13.4. The van der Waals surface area contributed by atoms with Crippen molar-refractivity contribution in [3.8, 4) is 5.75 Å². The molecule has 1 saturated heterocycles. The van der Waals surface area contributed by atoms with Crippen molar-refractivity contribution in [2.24, 2.45) is 0 Å². The number of carbonyl (C=O) groups excluding carboxylic acids is 1. The van der Waals surface area contributed by atoms with Gasteiger partial charge in [0.15, 0.2) is 0 Å². The Morgan fingerprint density at radius 2 is 1.75 bits per heavy atom. The average molecular weight is 534 g/mol. The van der Waals surface area contributed by atoms with Crippen molar-refractivity contribution in [2.75, 3.05) is 55.7 Å². The quantitative estimate of drug-likeness (QED) is 0.404. The molecule has 0 unspecified atom stereocenters. The molecule has 0 bridgehead atoms. The third-order valence-electron chi connectivity index (χ3n) is 6.81. The lowest BCUT2D eigenvalue weighted by atomic mass is 10.0. The predicted molar refractivity (Wildman–Crippen MR) is 144 cm³/mol. The maximum atomic E-state index is 12.4. The largest absolute Gasteiger partial charge is 0.494 e. The van der Waals surface area contributed by atoms with Crippen molar-refractivity contribution < 1.29 is 19.4 Å². The van der Waals surface area contributed by atoms with E-state index in [0.717, 1.165) is 68.3 Å². The number of ether oxygens (including phenoxy) is 1. The van der Waals surface area contributed by atoms with E-state index < -0.39 is 5.97 Å². The van der Waals surface area contributed by atoms with Gasteiger partial charge in [0.2, 0.25) is 5.91 Å². The molecule has 194 valence electrons. The van der Waals surface area contributed by atoms with Crippen LogP contribution in [0.5, 0.6) is 5.75 Å². The van der Waals surface area contributed by atoms with Gasteiger partial charge in [0.05, 0.1) is 28.0 Å². The number of fused-ring (bicyclic) bond motifs is 1. The van der Waals surface area contributed by atoms with Crippen molar-refractivity contribution in [3.63, 3.8) is 0 Å². The summed E-state index contributed by atoms with van der Waals surface area (Å²) in [6.45, 7) is 5.87. The van der Waals surface area contributed by atoms with E-state index in [1.807, 2.05) is 36.4 Å². The molecule has 2 aliphatic heterocycles. The minimum Gasteiger partial charge on any atom is -0.494 e. The van der Waals surface area contributed by atoms with Crippen molar-refractivity contribution in [1.29, 1.82) is 0 Å². The van der Waals surface area contributed by atoms with Crippen LogP contribution in [0.2, 0.25) is 10.0 Å². The van der Waals surface area contributed by atoms with E-state index in [9.17, 15) is 9.59 Å². The average Bonchev–Trinajstić information content (AvgIpc) is 2.87. The first kappa shape index (κ1) is 26.6. The van der Waals surface area contributed by atoms with Crippen LogP contribution in [0.25, 0.3) is 0 Å². The Labute approximate surface area is 222 Å². The van der Waals surface area contributed by atoms with E-state index in [1.54, 1.807) is 4.90 Å². The van der Waals surface area contributed by atoms with Crippen LogP contribution in [0, 0.1) is 0 Å². The molecule has 4 rings (SSSR count). The minimum absolute atomic E-state index is 0.0442. The number of carboxylic acid groups (broad SMARTS) is 1. The third-order valence-corrected chi connectivity index (χ3v) is 7.62. The van der Waals surface area contributed by atoms with Gasteiger partial charge in [-0.15, -0.1) is 0 Å². The molecule has 0 saturated carbocycles. The lowest BCUT2D eigenvalue weighted by Gasteiger charge is -2.36. The molecule has 1 amide bonds. The lowest BCUT2D eigenvalue weighted by molar-refractivity contribution is -0.137. The summed E-state index contributed by atoms with van der Waals surface area (Å²) in [5.41, 5.74) is 2.96. The lowest BCUT2D eigenvalue weighted by Crippen LogP contribution is -2.46. The topological polar surface area (TPSA) is 73.3 Å². The van der Waals surface area contributed by atoms with Gasteiger partial charge in [0.25, 0.3) is 0 Å². The first-order valence-electron chi connectivity index (χ1n) is 12.6. The van der Waals surface area contributed by atoms with Crippen LogP contribution in [0.4, 0.5) is 11.4 Å². The second-order valence-corrected chi connectivity index (χ2v) is 10.1. The van der Waals surface area contributed by atoms with E-state index in [2.05, 4.69) is 9.80 Å². The highest BCUT2D eigenvalue weighted by Gasteiger charge is 2.24. The summed E-state index contributed by atoms with van der Waals surface area (Å²) in [4.78, 5) is 29.8. The van der Waals surface area contributed by atoms with Crippen LogP contribution in [0.3, 0.4) is 0 Å². The number of carboxylic acids is 1. The minimum atomic E-state index is -0.843. The van der Waals surface area contributed by atoms with Gasteiger partial charge in [-0.3, -0.25) is 14.5 Å². The van der Waals surface area contributed by atoms with Gasteiger partial charge in [-0.2, -0.15) is 0 Å². The Hall–Kier alpha value is -2.48. The van der Waals surface area contributed by atoms with Gasteiger partial charge >= 0.3 is 5.97 Å². The van der Waals surface area contributed by atoms with Crippen LogP contribution >= 0.6 is 23.2 Å². The number of aryl methyl sites for hydroxylation is 1. The van der Waals surface area contributed by atoms with Crippen LogP contribution in [0.1, 0.15) is 37.7 Å². The molecule has 0 aliphatic carbocycles.